The Labute approximate surface area is 87.9 Å². The highest BCUT2D eigenvalue weighted by molar-refractivity contribution is 7.91. The first-order valence-electron chi connectivity index (χ1n) is 4.43. The monoisotopic (exact) mass is 231 g/mol. The number of hydrogen-bond acceptors (Lipinski definition) is 4. The van der Waals surface area contributed by atoms with Crippen molar-refractivity contribution < 1.29 is 13.5 Å². The summed E-state index contributed by atoms with van der Waals surface area (Å²) in [6.07, 6.45) is 0. The van der Waals surface area contributed by atoms with Crippen LogP contribution in [0.5, 0.6) is 5.75 Å². The summed E-state index contributed by atoms with van der Waals surface area (Å²) in [5, 5.41) is 9.47. The second-order valence-electron chi connectivity index (χ2n) is 3.27. The summed E-state index contributed by atoms with van der Waals surface area (Å²) in [4.78, 5) is 11.1. The van der Waals surface area contributed by atoms with Gasteiger partial charge in [0.05, 0.1) is 5.75 Å². The fourth-order valence-corrected chi connectivity index (χ4v) is 2.29. The van der Waals surface area contributed by atoms with E-state index in [4.69, 9.17) is 0 Å². The molecular weight excluding hydrogens is 218 g/mol. The number of aryl methyl sites for hydroxylation is 1. The third-order valence-electron chi connectivity index (χ3n) is 2.30. The summed E-state index contributed by atoms with van der Waals surface area (Å²) < 4.78 is 24.3. The summed E-state index contributed by atoms with van der Waals surface area (Å²) in [5.41, 5.74) is -0.179. The Hall–Kier alpha value is -1.30. The van der Waals surface area contributed by atoms with Gasteiger partial charge in [0.1, 0.15) is 5.75 Å². The molecule has 0 aliphatic rings. The molecule has 0 fully saturated rings. The van der Waals surface area contributed by atoms with Crippen LogP contribution in [-0.2, 0) is 16.9 Å². The Balaban J connectivity index is 3.73. The zero-order chi connectivity index (χ0) is 11.8. The smallest absolute Gasteiger partial charge is 0.273 e. The molecule has 0 bridgehead atoms. The predicted molar refractivity (Wildman–Crippen MR) is 55.8 cm³/mol. The molecule has 1 aromatic rings. The van der Waals surface area contributed by atoms with Crippen LogP contribution in [0.2, 0.25) is 0 Å². The molecule has 15 heavy (non-hydrogen) atoms. The largest absolute Gasteiger partial charge is 0.506 e. The van der Waals surface area contributed by atoms with Crippen LogP contribution in [0.4, 0.5) is 0 Å². The number of hydrogen-bond donors (Lipinski definition) is 1. The van der Waals surface area contributed by atoms with Gasteiger partial charge in [-0.1, -0.05) is 6.92 Å². The van der Waals surface area contributed by atoms with Gasteiger partial charge in [0, 0.05) is 18.8 Å². The van der Waals surface area contributed by atoms with Gasteiger partial charge in [-0.25, -0.2) is 8.42 Å². The fraction of sp³-hybridized carbons (Fsp3) is 0.444. The van der Waals surface area contributed by atoms with Crippen LogP contribution in [0, 0.1) is 6.92 Å². The number of rotatable bonds is 2. The molecule has 1 aromatic heterocycles. The molecule has 0 aromatic carbocycles. The van der Waals surface area contributed by atoms with E-state index in [9.17, 15) is 18.3 Å². The third kappa shape index (κ3) is 1.90. The lowest BCUT2D eigenvalue weighted by Gasteiger charge is -2.08. The minimum atomic E-state index is -3.68. The summed E-state index contributed by atoms with van der Waals surface area (Å²) in [6.45, 7) is 3.04. The van der Waals surface area contributed by atoms with Crippen molar-refractivity contribution in [3.8, 4) is 5.75 Å². The van der Waals surface area contributed by atoms with E-state index in [1.54, 1.807) is 6.92 Å². The van der Waals surface area contributed by atoms with E-state index in [-0.39, 0.29) is 5.75 Å². The Morgan fingerprint density at radius 1 is 1.47 bits per heavy atom. The zero-order valence-electron chi connectivity index (χ0n) is 8.81. The van der Waals surface area contributed by atoms with E-state index in [0.717, 1.165) is 0 Å². The SMILES string of the molecule is CCS(=O)(=O)c1c(O)cc(C)n(C)c1=O. The Morgan fingerprint density at radius 2 is 2.00 bits per heavy atom. The summed E-state index contributed by atoms with van der Waals surface area (Å²) in [6, 6.07) is 1.27. The van der Waals surface area contributed by atoms with Gasteiger partial charge in [0.25, 0.3) is 5.56 Å². The molecule has 1 rings (SSSR count). The fourth-order valence-electron chi connectivity index (χ4n) is 1.22. The molecule has 0 radical (unpaired) electrons. The standard InChI is InChI=1S/C9H13NO4S/c1-4-15(13,14)8-7(11)5-6(2)10(3)9(8)12/h5,11H,4H2,1-3H3. The van der Waals surface area contributed by atoms with Gasteiger partial charge in [0.2, 0.25) is 0 Å². The van der Waals surface area contributed by atoms with Crippen LogP contribution in [0.15, 0.2) is 15.8 Å². The van der Waals surface area contributed by atoms with Crippen molar-refractivity contribution in [1.82, 2.24) is 4.57 Å². The maximum Gasteiger partial charge on any atom is 0.273 e. The molecule has 1 N–H and O–H groups in total. The lowest BCUT2D eigenvalue weighted by Crippen LogP contribution is -2.26. The van der Waals surface area contributed by atoms with E-state index in [0.29, 0.717) is 5.69 Å². The van der Waals surface area contributed by atoms with Crippen LogP contribution in [0.1, 0.15) is 12.6 Å². The minimum absolute atomic E-state index is 0.209. The summed E-state index contributed by atoms with van der Waals surface area (Å²) >= 11 is 0. The van der Waals surface area contributed by atoms with Crippen molar-refractivity contribution in [3.63, 3.8) is 0 Å². The highest BCUT2D eigenvalue weighted by atomic mass is 32.2. The average Bonchev–Trinajstić information content (AvgIpc) is 2.14. The van der Waals surface area contributed by atoms with E-state index in [1.165, 1.54) is 24.6 Å². The molecule has 0 aliphatic heterocycles. The topological polar surface area (TPSA) is 76.4 Å². The van der Waals surface area contributed by atoms with Crippen LogP contribution >= 0.6 is 0 Å². The van der Waals surface area contributed by atoms with Crippen LogP contribution < -0.4 is 5.56 Å². The van der Waals surface area contributed by atoms with E-state index in [1.807, 2.05) is 0 Å². The maximum absolute atomic E-state index is 11.6. The van der Waals surface area contributed by atoms with Crippen LogP contribution in [0.3, 0.4) is 0 Å². The van der Waals surface area contributed by atoms with Crippen molar-refractivity contribution in [2.45, 2.75) is 18.7 Å². The van der Waals surface area contributed by atoms with Crippen molar-refractivity contribution in [1.29, 1.82) is 0 Å². The third-order valence-corrected chi connectivity index (χ3v) is 4.06. The molecule has 84 valence electrons. The van der Waals surface area contributed by atoms with Crippen molar-refractivity contribution in [3.05, 3.63) is 22.1 Å². The second-order valence-corrected chi connectivity index (χ2v) is 5.48. The second kappa shape index (κ2) is 3.69. The van der Waals surface area contributed by atoms with Crippen LogP contribution in [-0.4, -0.2) is 23.8 Å². The van der Waals surface area contributed by atoms with E-state index < -0.39 is 26.0 Å². The highest BCUT2D eigenvalue weighted by Gasteiger charge is 2.22. The minimum Gasteiger partial charge on any atom is -0.506 e. The number of sulfone groups is 1. The van der Waals surface area contributed by atoms with E-state index >= 15 is 0 Å². The molecule has 0 saturated carbocycles. The first-order valence-corrected chi connectivity index (χ1v) is 6.09. The Morgan fingerprint density at radius 3 is 2.47 bits per heavy atom. The molecule has 1 heterocycles. The van der Waals surface area contributed by atoms with Crippen molar-refractivity contribution in [2.75, 3.05) is 5.75 Å². The predicted octanol–water partition coefficient (Wildman–Crippen LogP) is 0.193. The van der Waals surface area contributed by atoms with E-state index in [2.05, 4.69) is 0 Å². The number of nitrogens with zero attached hydrogens (tertiary/aromatic N) is 1. The highest BCUT2D eigenvalue weighted by Crippen LogP contribution is 2.20. The van der Waals surface area contributed by atoms with Crippen molar-refractivity contribution in [2.24, 2.45) is 7.05 Å². The Bertz CT molecular complexity index is 542. The maximum atomic E-state index is 11.6. The average molecular weight is 231 g/mol. The van der Waals surface area contributed by atoms with Crippen LogP contribution in [0.25, 0.3) is 0 Å². The molecule has 0 aliphatic carbocycles. The van der Waals surface area contributed by atoms with Gasteiger partial charge in [-0.05, 0) is 6.92 Å². The molecule has 0 unspecified atom stereocenters. The molecule has 5 nitrogen and oxygen atoms in total. The quantitative estimate of drug-likeness (QED) is 0.788. The summed E-state index contributed by atoms with van der Waals surface area (Å²) in [5.74, 6) is -0.684. The summed E-state index contributed by atoms with van der Waals surface area (Å²) in [7, 11) is -2.22. The molecule has 6 heteroatoms. The molecule has 0 amide bonds. The first kappa shape index (κ1) is 11.8. The first-order chi connectivity index (χ1) is 6.81. The molecule has 0 atom stereocenters. The number of pyridine rings is 1. The van der Waals surface area contributed by atoms with Gasteiger partial charge in [0.15, 0.2) is 14.7 Å². The number of aromatic nitrogens is 1. The molecular formula is C9H13NO4S. The zero-order valence-corrected chi connectivity index (χ0v) is 9.63. The normalized spacial score (nSPS) is 11.7. The number of aromatic hydroxyl groups is 1. The van der Waals surface area contributed by atoms with Gasteiger partial charge in [-0.15, -0.1) is 0 Å². The lowest BCUT2D eigenvalue weighted by molar-refractivity contribution is 0.451. The lowest BCUT2D eigenvalue weighted by atomic mass is 10.3. The molecule has 0 spiro atoms. The van der Waals surface area contributed by atoms with Crippen molar-refractivity contribution >= 4 is 9.84 Å². The Kier molecular flexibility index (Phi) is 2.90. The van der Waals surface area contributed by atoms with Gasteiger partial charge in [-0.3, -0.25) is 4.79 Å². The van der Waals surface area contributed by atoms with Gasteiger partial charge < -0.3 is 9.67 Å². The molecule has 0 saturated heterocycles. The van der Waals surface area contributed by atoms with Gasteiger partial charge in [-0.2, -0.15) is 0 Å². The van der Waals surface area contributed by atoms with Gasteiger partial charge >= 0.3 is 0 Å².